The zero-order chi connectivity index (χ0) is 17.6. The van der Waals surface area contributed by atoms with E-state index in [1.807, 2.05) is 0 Å². The Bertz CT molecular complexity index is 272. The van der Waals surface area contributed by atoms with Gasteiger partial charge in [-0.3, -0.25) is 31.5 Å². The molecule has 0 spiro atoms. The monoisotopic (exact) mass is 306 g/mol. The molecule has 6 heteroatoms. The first-order valence-corrected chi connectivity index (χ1v) is 6.66. The van der Waals surface area contributed by atoms with E-state index >= 15 is 0 Å². The minimum Gasteiger partial charge on any atom is -0.255 e. The lowest BCUT2D eigenvalue weighted by atomic mass is 9.90. The highest BCUT2D eigenvalue weighted by atomic mass is 17.0. The SMILES string of the molecule is CC(C)c1cc(C(C)C)cc(C(C)C)c1.OO.OO.OO. The molecule has 1 aromatic carbocycles. The van der Waals surface area contributed by atoms with Crippen LogP contribution in [0.25, 0.3) is 0 Å². The van der Waals surface area contributed by atoms with Crippen molar-refractivity contribution in [2.75, 3.05) is 0 Å². The molecule has 0 unspecified atom stereocenters. The van der Waals surface area contributed by atoms with E-state index in [1.54, 1.807) is 0 Å². The fourth-order valence-corrected chi connectivity index (χ4v) is 1.70. The first-order valence-electron chi connectivity index (χ1n) is 6.66. The third-order valence-electron chi connectivity index (χ3n) is 3.00. The van der Waals surface area contributed by atoms with Gasteiger partial charge in [0.15, 0.2) is 0 Å². The molecule has 6 N–H and O–H groups in total. The van der Waals surface area contributed by atoms with Crippen molar-refractivity contribution in [2.24, 2.45) is 0 Å². The van der Waals surface area contributed by atoms with Gasteiger partial charge in [-0.1, -0.05) is 59.7 Å². The normalized spacial score (nSPS) is 9.29. The van der Waals surface area contributed by atoms with E-state index in [0.717, 1.165) is 0 Å². The summed E-state index contributed by atoms with van der Waals surface area (Å²) in [6.45, 7) is 13.6. The highest BCUT2D eigenvalue weighted by Gasteiger charge is 2.08. The third-order valence-corrected chi connectivity index (χ3v) is 3.00. The smallest absolute Gasteiger partial charge is 0.0219 e. The minimum atomic E-state index is 0.626. The predicted octanol–water partition coefficient (Wildman–Crippen LogP) is 5.11. The molecular weight excluding hydrogens is 276 g/mol. The Morgan fingerprint density at radius 2 is 0.619 bits per heavy atom. The Labute approximate surface area is 126 Å². The highest BCUT2D eigenvalue weighted by molar-refractivity contribution is 5.35. The fourth-order valence-electron chi connectivity index (χ4n) is 1.70. The predicted molar refractivity (Wildman–Crippen MR) is 84.5 cm³/mol. The van der Waals surface area contributed by atoms with Gasteiger partial charge in [0.1, 0.15) is 0 Å². The number of benzene rings is 1. The molecule has 0 aromatic heterocycles. The lowest BCUT2D eigenvalue weighted by molar-refractivity contribution is -0.176. The summed E-state index contributed by atoms with van der Waals surface area (Å²) in [5, 5.41) is 36.0. The summed E-state index contributed by atoms with van der Waals surface area (Å²) in [4.78, 5) is 0. The molecule has 0 aliphatic rings. The van der Waals surface area contributed by atoms with E-state index in [9.17, 15) is 0 Å². The lowest BCUT2D eigenvalue weighted by Crippen LogP contribution is -1.98. The maximum Gasteiger partial charge on any atom is -0.0219 e. The summed E-state index contributed by atoms with van der Waals surface area (Å²) in [6, 6.07) is 7.09. The van der Waals surface area contributed by atoms with Crippen molar-refractivity contribution >= 4 is 0 Å². The van der Waals surface area contributed by atoms with Crippen molar-refractivity contribution in [3.63, 3.8) is 0 Å². The molecule has 0 saturated carbocycles. The van der Waals surface area contributed by atoms with Crippen molar-refractivity contribution in [1.82, 2.24) is 0 Å². The molecule has 0 amide bonds. The van der Waals surface area contributed by atoms with Crippen LogP contribution in [0.5, 0.6) is 0 Å². The van der Waals surface area contributed by atoms with Crippen LogP contribution in [-0.2, 0) is 0 Å². The van der Waals surface area contributed by atoms with Gasteiger partial charge < -0.3 is 0 Å². The Hall–Kier alpha value is -1.02. The van der Waals surface area contributed by atoms with Crippen LogP contribution in [-0.4, -0.2) is 31.5 Å². The van der Waals surface area contributed by atoms with Crippen LogP contribution < -0.4 is 0 Å². The summed E-state index contributed by atoms with van der Waals surface area (Å²) < 4.78 is 0. The van der Waals surface area contributed by atoms with Crippen molar-refractivity contribution in [1.29, 1.82) is 0 Å². The zero-order valence-corrected chi connectivity index (χ0v) is 13.6. The topological polar surface area (TPSA) is 121 Å². The zero-order valence-electron chi connectivity index (χ0n) is 13.6. The molecule has 1 rings (SSSR count). The van der Waals surface area contributed by atoms with Crippen LogP contribution in [0.15, 0.2) is 18.2 Å². The average molecular weight is 306 g/mol. The molecule has 0 radical (unpaired) electrons. The summed E-state index contributed by atoms with van der Waals surface area (Å²) >= 11 is 0. The van der Waals surface area contributed by atoms with Crippen LogP contribution in [0.4, 0.5) is 0 Å². The standard InChI is InChI=1S/C15H24.3H2O2/c1-10(2)13-7-14(11(3)4)9-15(8-13)12(5)6;3*1-2/h7-12H,1-6H3;3*1-2H. The van der Waals surface area contributed by atoms with E-state index in [0.29, 0.717) is 17.8 Å². The Morgan fingerprint density at radius 1 is 0.476 bits per heavy atom. The molecule has 1 aromatic rings. The van der Waals surface area contributed by atoms with Gasteiger partial charge in [0.2, 0.25) is 0 Å². The second kappa shape index (κ2) is 15.4. The van der Waals surface area contributed by atoms with E-state index in [-0.39, 0.29) is 0 Å². The van der Waals surface area contributed by atoms with Crippen molar-refractivity contribution < 1.29 is 31.5 Å². The molecule has 6 nitrogen and oxygen atoms in total. The van der Waals surface area contributed by atoms with Gasteiger partial charge in [-0.25, -0.2) is 0 Å². The van der Waals surface area contributed by atoms with Crippen LogP contribution in [0.3, 0.4) is 0 Å². The maximum atomic E-state index is 6.00. The molecular formula is C15H30O6. The summed E-state index contributed by atoms with van der Waals surface area (Å²) in [7, 11) is 0. The lowest BCUT2D eigenvalue weighted by Gasteiger charge is -2.16. The Kier molecular flexibility index (Phi) is 18.3. The number of hydrogen-bond donors (Lipinski definition) is 6. The first kappa shape index (κ1) is 25.0. The van der Waals surface area contributed by atoms with Crippen molar-refractivity contribution in [3.8, 4) is 0 Å². The maximum absolute atomic E-state index is 6.00. The molecule has 126 valence electrons. The molecule has 0 saturated heterocycles. The molecule has 0 heterocycles. The van der Waals surface area contributed by atoms with Crippen LogP contribution in [0.2, 0.25) is 0 Å². The summed E-state index contributed by atoms with van der Waals surface area (Å²) in [6.07, 6.45) is 0. The second-order valence-corrected chi connectivity index (χ2v) is 5.40. The minimum absolute atomic E-state index is 0.626. The molecule has 0 atom stereocenters. The third kappa shape index (κ3) is 10.4. The van der Waals surface area contributed by atoms with Crippen LogP contribution >= 0.6 is 0 Å². The van der Waals surface area contributed by atoms with Gasteiger partial charge >= 0.3 is 0 Å². The van der Waals surface area contributed by atoms with Crippen molar-refractivity contribution in [2.45, 2.75) is 59.3 Å². The van der Waals surface area contributed by atoms with E-state index in [1.165, 1.54) is 16.7 Å². The van der Waals surface area contributed by atoms with Crippen LogP contribution in [0.1, 0.15) is 76.0 Å². The van der Waals surface area contributed by atoms with Gasteiger partial charge in [-0.15, -0.1) is 0 Å². The molecule has 21 heavy (non-hydrogen) atoms. The van der Waals surface area contributed by atoms with Gasteiger partial charge in [0.05, 0.1) is 0 Å². The van der Waals surface area contributed by atoms with Crippen molar-refractivity contribution in [3.05, 3.63) is 34.9 Å². The number of rotatable bonds is 3. The highest BCUT2D eigenvalue weighted by Crippen LogP contribution is 2.26. The van der Waals surface area contributed by atoms with Gasteiger partial charge in [-0.2, -0.15) is 0 Å². The van der Waals surface area contributed by atoms with Crippen LogP contribution in [0, 0.1) is 0 Å². The first-order chi connectivity index (χ1) is 9.91. The quantitative estimate of drug-likeness (QED) is 0.341. The van der Waals surface area contributed by atoms with E-state index in [4.69, 9.17) is 31.5 Å². The van der Waals surface area contributed by atoms with Gasteiger partial charge in [-0.05, 0) is 34.4 Å². The largest absolute Gasteiger partial charge is 0.255 e. The molecule has 0 bridgehead atoms. The Morgan fingerprint density at radius 3 is 0.714 bits per heavy atom. The molecule has 0 fully saturated rings. The summed E-state index contributed by atoms with van der Waals surface area (Å²) in [5.41, 5.74) is 4.43. The molecule has 0 aliphatic carbocycles. The molecule has 0 aliphatic heterocycles. The Balaban J connectivity index is -0.000000478. The van der Waals surface area contributed by atoms with Gasteiger partial charge in [0.25, 0.3) is 0 Å². The number of hydrogen-bond acceptors (Lipinski definition) is 6. The van der Waals surface area contributed by atoms with Gasteiger partial charge in [0, 0.05) is 0 Å². The summed E-state index contributed by atoms with van der Waals surface area (Å²) in [5.74, 6) is 1.88. The van der Waals surface area contributed by atoms with E-state index < -0.39 is 0 Å². The van der Waals surface area contributed by atoms with E-state index in [2.05, 4.69) is 59.7 Å². The fraction of sp³-hybridized carbons (Fsp3) is 0.600. The average Bonchev–Trinajstić information content (AvgIpc) is 2.52. The second-order valence-electron chi connectivity index (χ2n) is 5.40.